The second-order valence-corrected chi connectivity index (χ2v) is 5.04. The molecule has 0 atom stereocenters. The number of benzene rings is 1. The number of aryl methyl sites for hydroxylation is 1. The van der Waals surface area contributed by atoms with Gasteiger partial charge in [-0.25, -0.2) is 4.98 Å². The zero-order chi connectivity index (χ0) is 12.3. The molecule has 1 heterocycles. The third-order valence-electron chi connectivity index (χ3n) is 2.59. The molecule has 0 saturated heterocycles. The van der Waals surface area contributed by atoms with Crippen LogP contribution in [0.4, 0.5) is 0 Å². The molecule has 0 amide bonds. The summed E-state index contributed by atoms with van der Waals surface area (Å²) in [4.78, 5) is 16.8. The monoisotopic (exact) mass is 245 g/mol. The molecule has 88 valence electrons. The third-order valence-corrected chi connectivity index (χ3v) is 3.79. The Morgan fingerprint density at radius 1 is 1.29 bits per heavy atom. The first-order chi connectivity index (χ1) is 8.20. The summed E-state index contributed by atoms with van der Waals surface area (Å²) in [6.45, 7) is 3.65. The second kappa shape index (κ2) is 5.23. The van der Waals surface area contributed by atoms with Gasteiger partial charge in [0.15, 0.2) is 5.78 Å². The van der Waals surface area contributed by atoms with Gasteiger partial charge in [0.05, 0.1) is 15.6 Å². The SMILES string of the molecule is CCc1nc(Cc2ccccc2)sc1C(C)=O. The Kier molecular flexibility index (Phi) is 3.69. The number of hydrogen-bond acceptors (Lipinski definition) is 3. The average Bonchev–Trinajstić information content (AvgIpc) is 2.73. The van der Waals surface area contributed by atoms with E-state index >= 15 is 0 Å². The minimum atomic E-state index is 0.124. The zero-order valence-electron chi connectivity index (χ0n) is 10.1. The van der Waals surface area contributed by atoms with Gasteiger partial charge in [0, 0.05) is 13.3 Å². The summed E-state index contributed by atoms with van der Waals surface area (Å²) in [6.07, 6.45) is 1.63. The summed E-state index contributed by atoms with van der Waals surface area (Å²) < 4.78 is 0. The second-order valence-electron chi connectivity index (χ2n) is 3.96. The highest BCUT2D eigenvalue weighted by molar-refractivity contribution is 7.13. The van der Waals surface area contributed by atoms with Crippen molar-refractivity contribution in [2.24, 2.45) is 0 Å². The van der Waals surface area contributed by atoms with E-state index in [2.05, 4.69) is 17.1 Å². The summed E-state index contributed by atoms with van der Waals surface area (Å²) in [7, 11) is 0. The number of carbonyl (C=O) groups excluding carboxylic acids is 1. The van der Waals surface area contributed by atoms with Gasteiger partial charge in [-0.05, 0) is 12.0 Å². The van der Waals surface area contributed by atoms with E-state index in [1.54, 1.807) is 6.92 Å². The highest BCUT2D eigenvalue weighted by Gasteiger charge is 2.13. The normalized spacial score (nSPS) is 10.5. The number of ketones is 1. The third kappa shape index (κ3) is 2.80. The molecule has 0 spiro atoms. The van der Waals surface area contributed by atoms with Crippen LogP contribution in [0.3, 0.4) is 0 Å². The minimum Gasteiger partial charge on any atom is -0.294 e. The lowest BCUT2D eigenvalue weighted by Crippen LogP contribution is -1.93. The average molecular weight is 245 g/mol. The molecule has 3 heteroatoms. The van der Waals surface area contributed by atoms with Crippen molar-refractivity contribution in [3.63, 3.8) is 0 Å². The Morgan fingerprint density at radius 3 is 2.53 bits per heavy atom. The summed E-state index contributed by atoms with van der Waals surface area (Å²) in [5.74, 6) is 0.124. The molecule has 1 aromatic heterocycles. The van der Waals surface area contributed by atoms with Crippen molar-refractivity contribution in [2.75, 3.05) is 0 Å². The van der Waals surface area contributed by atoms with Crippen LogP contribution in [0.15, 0.2) is 30.3 Å². The number of thiazole rings is 1. The van der Waals surface area contributed by atoms with Gasteiger partial charge in [-0.3, -0.25) is 4.79 Å². The van der Waals surface area contributed by atoms with E-state index in [0.29, 0.717) is 0 Å². The van der Waals surface area contributed by atoms with Crippen molar-refractivity contribution in [1.82, 2.24) is 4.98 Å². The first-order valence-corrected chi connectivity index (χ1v) is 6.55. The van der Waals surface area contributed by atoms with Crippen LogP contribution in [0.25, 0.3) is 0 Å². The number of Topliss-reactive ketones (excluding diaryl/α,β-unsaturated/α-hetero) is 1. The van der Waals surface area contributed by atoms with E-state index in [-0.39, 0.29) is 5.78 Å². The molecule has 0 bridgehead atoms. The molecule has 0 radical (unpaired) electrons. The zero-order valence-corrected chi connectivity index (χ0v) is 10.9. The van der Waals surface area contributed by atoms with Gasteiger partial charge in [-0.15, -0.1) is 11.3 Å². The molecule has 1 aromatic carbocycles. The largest absolute Gasteiger partial charge is 0.294 e. The molecule has 0 fully saturated rings. The summed E-state index contributed by atoms with van der Waals surface area (Å²) in [5, 5.41) is 1.03. The van der Waals surface area contributed by atoms with Crippen molar-refractivity contribution in [2.45, 2.75) is 26.7 Å². The van der Waals surface area contributed by atoms with Gasteiger partial charge < -0.3 is 0 Å². The number of hydrogen-bond donors (Lipinski definition) is 0. The van der Waals surface area contributed by atoms with E-state index in [1.165, 1.54) is 16.9 Å². The molecular formula is C14H15NOS. The Balaban J connectivity index is 2.26. The van der Waals surface area contributed by atoms with Crippen molar-refractivity contribution in [1.29, 1.82) is 0 Å². The van der Waals surface area contributed by atoms with Crippen LogP contribution in [0.5, 0.6) is 0 Å². The summed E-state index contributed by atoms with van der Waals surface area (Å²) >= 11 is 1.53. The van der Waals surface area contributed by atoms with Crippen LogP contribution in [0.1, 0.15) is 39.8 Å². The fourth-order valence-electron chi connectivity index (χ4n) is 1.76. The lowest BCUT2D eigenvalue weighted by Gasteiger charge is -1.95. The molecule has 0 N–H and O–H groups in total. The maximum absolute atomic E-state index is 11.5. The van der Waals surface area contributed by atoms with Gasteiger partial charge in [0.25, 0.3) is 0 Å². The number of aromatic nitrogens is 1. The standard InChI is InChI=1S/C14H15NOS/c1-3-12-14(10(2)16)17-13(15-12)9-11-7-5-4-6-8-11/h4-8H,3,9H2,1-2H3. The Morgan fingerprint density at radius 2 is 2.00 bits per heavy atom. The lowest BCUT2D eigenvalue weighted by atomic mass is 10.2. The van der Waals surface area contributed by atoms with Crippen LogP contribution in [0.2, 0.25) is 0 Å². The van der Waals surface area contributed by atoms with E-state index in [4.69, 9.17) is 0 Å². The molecular weight excluding hydrogens is 230 g/mol. The van der Waals surface area contributed by atoms with Crippen molar-refractivity contribution in [3.8, 4) is 0 Å². The van der Waals surface area contributed by atoms with E-state index in [0.717, 1.165) is 28.4 Å². The molecule has 0 saturated carbocycles. The first kappa shape index (κ1) is 12.0. The predicted octanol–water partition coefficient (Wildman–Crippen LogP) is 3.50. The molecule has 2 rings (SSSR count). The lowest BCUT2D eigenvalue weighted by molar-refractivity contribution is 0.102. The Labute approximate surface area is 105 Å². The smallest absolute Gasteiger partial charge is 0.171 e. The van der Waals surface area contributed by atoms with E-state index < -0.39 is 0 Å². The molecule has 0 aliphatic carbocycles. The Bertz CT molecular complexity index is 516. The number of carbonyl (C=O) groups is 1. The fraction of sp³-hybridized carbons (Fsp3) is 0.286. The van der Waals surface area contributed by atoms with Crippen LogP contribution < -0.4 is 0 Å². The highest BCUT2D eigenvalue weighted by Crippen LogP contribution is 2.22. The number of nitrogens with zero attached hydrogens (tertiary/aromatic N) is 1. The maximum atomic E-state index is 11.5. The molecule has 17 heavy (non-hydrogen) atoms. The molecule has 0 unspecified atom stereocenters. The maximum Gasteiger partial charge on any atom is 0.171 e. The van der Waals surface area contributed by atoms with Crippen molar-refractivity contribution in [3.05, 3.63) is 51.5 Å². The Hall–Kier alpha value is -1.48. The number of rotatable bonds is 4. The quantitative estimate of drug-likeness (QED) is 0.772. The fourth-order valence-corrected chi connectivity index (χ4v) is 2.84. The molecule has 0 aliphatic heterocycles. The van der Waals surface area contributed by atoms with Crippen LogP contribution in [0, 0.1) is 0 Å². The van der Waals surface area contributed by atoms with Gasteiger partial charge in [0.2, 0.25) is 0 Å². The highest BCUT2D eigenvalue weighted by atomic mass is 32.1. The molecule has 2 aromatic rings. The topological polar surface area (TPSA) is 30.0 Å². The van der Waals surface area contributed by atoms with Crippen LogP contribution in [-0.2, 0) is 12.8 Å². The summed E-state index contributed by atoms with van der Waals surface area (Å²) in [6, 6.07) is 10.2. The van der Waals surface area contributed by atoms with Crippen LogP contribution >= 0.6 is 11.3 Å². The van der Waals surface area contributed by atoms with Crippen molar-refractivity contribution < 1.29 is 4.79 Å². The van der Waals surface area contributed by atoms with Crippen molar-refractivity contribution >= 4 is 17.1 Å². The van der Waals surface area contributed by atoms with Gasteiger partial charge in [-0.1, -0.05) is 37.3 Å². The van der Waals surface area contributed by atoms with Crippen LogP contribution in [-0.4, -0.2) is 10.8 Å². The molecule has 2 nitrogen and oxygen atoms in total. The van der Waals surface area contributed by atoms with Gasteiger partial charge in [0.1, 0.15) is 0 Å². The minimum absolute atomic E-state index is 0.124. The van der Waals surface area contributed by atoms with E-state index in [9.17, 15) is 4.79 Å². The van der Waals surface area contributed by atoms with Gasteiger partial charge >= 0.3 is 0 Å². The first-order valence-electron chi connectivity index (χ1n) is 5.74. The predicted molar refractivity (Wildman–Crippen MR) is 70.7 cm³/mol. The molecule has 0 aliphatic rings. The summed E-state index contributed by atoms with van der Waals surface area (Å²) in [5.41, 5.74) is 2.17. The van der Waals surface area contributed by atoms with Gasteiger partial charge in [-0.2, -0.15) is 0 Å². The van der Waals surface area contributed by atoms with E-state index in [1.807, 2.05) is 25.1 Å².